The van der Waals surface area contributed by atoms with Crippen LogP contribution in [0.25, 0.3) is 0 Å². The fraction of sp³-hybridized carbons (Fsp3) is 0.667. The Balaban J connectivity index is 0. The highest BCUT2D eigenvalue weighted by atomic mass is 35.5. The lowest BCUT2D eigenvalue weighted by atomic mass is 10.2. The SMILES string of the molecule is CCN/C=C/NC(=O)OC(C)(C)C.Cl. The number of ether oxygens (including phenoxy) is 1. The first-order chi connectivity index (χ1) is 5.95. The smallest absolute Gasteiger partial charge is 0.411 e. The van der Waals surface area contributed by atoms with Gasteiger partial charge in [-0.15, -0.1) is 12.4 Å². The van der Waals surface area contributed by atoms with E-state index in [1.54, 1.807) is 6.20 Å². The van der Waals surface area contributed by atoms with E-state index in [1.807, 2.05) is 27.7 Å². The van der Waals surface area contributed by atoms with E-state index in [2.05, 4.69) is 10.6 Å². The molecule has 0 aliphatic heterocycles. The number of nitrogens with one attached hydrogen (secondary N) is 2. The van der Waals surface area contributed by atoms with Crippen LogP contribution in [0.2, 0.25) is 0 Å². The van der Waals surface area contributed by atoms with Gasteiger partial charge in [0, 0.05) is 18.9 Å². The highest BCUT2D eigenvalue weighted by Crippen LogP contribution is 2.05. The number of hydrogen-bond donors (Lipinski definition) is 2. The van der Waals surface area contributed by atoms with Crippen molar-refractivity contribution in [3.63, 3.8) is 0 Å². The van der Waals surface area contributed by atoms with Crippen LogP contribution in [0.4, 0.5) is 4.79 Å². The Labute approximate surface area is 91.5 Å². The van der Waals surface area contributed by atoms with Crippen molar-refractivity contribution in [2.24, 2.45) is 0 Å². The van der Waals surface area contributed by atoms with E-state index in [0.717, 1.165) is 6.54 Å². The Kier molecular flexibility index (Phi) is 8.34. The molecule has 5 heteroatoms. The molecule has 0 spiro atoms. The lowest BCUT2D eigenvalue weighted by molar-refractivity contribution is 0.0552. The Bertz CT molecular complexity index is 188. The van der Waals surface area contributed by atoms with Crippen LogP contribution in [0, 0.1) is 0 Å². The molecule has 1 amide bonds. The first-order valence-corrected chi connectivity index (χ1v) is 4.33. The van der Waals surface area contributed by atoms with Crippen LogP contribution in [0.3, 0.4) is 0 Å². The normalized spacial score (nSPS) is 10.6. The van der Waals surface area contributed by atoms with Crippen molar-refractivity contribution in [1.29, 1.82) is 0 Å². The fourth-order valence-corrected chi connectivity index (χ4v) is 0.594. The molecule has 0 aliphatic carbocycles. The third-order valence-electron chi connectivity index (χ3n) is 1.01. The van der Waals surface area contributed by atoms with Gasteiger partial charge in [0.25, 0.3) is 0 Å². The molecule has 0 saturated carbocycles. The Morgan fingerprint density at radius 3 is 2.36 bits per heavy atom. The maximum absolute atomic E-state index is 11.0. The molecule has 0 bridgehead atoms. The molecule has 0 saturated heterocycles. The second-order valence-corrected chi connectivity index (χ2v) is 3.54. The molecule has 0 unspecified atom stereocenters. The molecule has 0 aromatic heterocycles. The summed E-state index contributed by atoms with van der Waals surface area (Å²) in [5, 5.41) is 5.39. The van der Waals surface area contributed by atoms with Crippen molar-refractivity contribution in [2.45, 2.75) is 33.3 Å². The van der Waals surface area contributed by atoms with E-state index in [9.17, 15) is 4.79 Å². The highest BCUT2D eigenvalue weighted by molar-refractivity contribution is 5.85. The maximum Gasteiger partial charge on any atom is 0.411 e. The topological polar surface area (TPSA) is 50.4 Å². The van der Waals surface area contributed by atoms with E-state index in [-0.39, 0.29) is 12.4 Å². The van der Waals surface area contributed by atoms with Gasteiger partial charge >= 0.3 is 6.09 Å². The zero-order chi connectivity index (χ0) is 10.3. The summed E-state index contributed by atoms with van der Waals surface area (Å²) in [6.45, 7) is 8.26. The van der Waals surface area contributed by atoms with E-state index >= 15 is 0 Å². The fourth-order valence-electron chi connectivity index (χ4n) is 0.594. The number of carbonyl (C=O) groups excluding carboxylic acids is 1. The molecule has 0 rings (SSSR count). The number of hydrogen-bond acceptors (Lipinski definition) is 3. The molecule has 0 fully saturated rings. The average molecular weight is 223 g/mol. The van der Waals surface area contributed by atoms with Crippen LogP contribution in [-0.4, -0.2) is 18.2 Å². The van der Waals surface area contributed by atoms with Gasteiger partial charge in [0.2, 0.25) is 0 Å². The molecule has 0 heterocycles. The molecule has 84 valence electrons. The third kappa shape index (κ3) is 11.1. The Morgan fingerprint density at radius 1 is 1.36 bits per heavy atom. The van der Waals surface area contributed by atoms with Crippen molar-refractivity contribution in [1.82, 2.24) is 10.6 Å². The van der Waals surface area contributed by atoms with Crippen LogP contribution < -0.4 is 10.6 Å². The van der Waals surface area contributed by atoms with E-state index in [4.69, 9.17) is 4.74 Å². The van der Waals surface area contributed by atoms with Crippen LogP contribution in [0.15, 0.2) is 12.4 Å². The third-order valence-corrected chi connectivity index (χ3v) is 1.01. The summed E-state index contributed by atoms with van der Waals surface area (Å²) < 4.78 is 4.99. The standard InChI is InChI=1S/C9H18N2O2.ClH/c1-5-10-6-7-11-8(12)13-9(2,3)4;/h6-7,10H,5H2,1-4H3,(H,11,12);1H/b7-6+;. The van der Waals surface area contributed by atoms with Crippen molar-refractivity contribution in [3.05, 3.63) is 12.4 Å². The molecular weight excluding hydrogens is 204 g/mol. The van der Waals surface area contributed by atoms with Gasteiger partial charge in [-0.25, -0.2) is 4.79 Å². The lowest BCUT2D eigenvalue weighted by Gasteiger charge is -2.18. The summed E-state index contributed by atoms with van der Waals surface area (Å²) in [6.07, 6.45) is 2.73. The first kappa shape index (κ1) is 15.6. The molecule has 0 aromatic carbocycles. The average Bonchev–Trinajstić information content (AvgIpc) is 1.94. The minimum Gasteiger partial charge on any atom is -0.444 e. The Hall–Kier alpha value is -0.900. The predicted octanol–water partition coefficient (Wildman–Crippen LogP) is 2.01. The minimum atomic E-state index is -0.448. The van der Waals surface area contributed by atoms with Crippen LogP contribution in [0.1, 0.15) is 27.7 Å². The quantitative estimate of drug-likeness (QED) is 0.768. The van der Waals surface area contributed by atoms with E-state index < -0.39 is 11.7 Å². The largest absolute Gasteiger partial charge is 0.444 e. The molecule has 2 N–H and O–H groups in total. The van der Waals surface area contributed by atoms with Gasteiger partial charge in [0.15, 0.2) is 0 Å². The Morgan fingerprint density at radius 2 is 1.93 bits per heavy atom. The highest BCUT2D eigenvalue weighted by Gasteiger charge is 2.14. The van der Waals surface area contributed by atoms with Gasteiger partial charge in [0.05, 0.1) is 0 Å². The molecule has 0 atom stereocenters. The molecular formula is C9H19ClN2O2. The summed E-state index contributed by atoms with van der Waals surface area (Å²) in [7, 11) is 0. The van der Waals surface area contributed by atoms with Gasteiger partial charge in [0.1, 0.15) is 5.60 Å². The molecule has 0 aliphatic rings. The van der Waals surface area contributed by atoms with Gasteiger partial charge in [-0.05, 0) is 27.7 Å². The maximum atomic E-state index is 11.0. The van der Waals surface area contributed by atoms with E-state index in [0.29, 0.717) is 0 Å². The molecule has 4 nitrogen and oxygen atoms in total. The molecule has 0 radical (unpaired) electrons. The van der Waals surface area contributed by atoms with Gasteiger partial charge in [-0.2, -0.15) is 0 Å². The number of carbonyl (C=O) groups is 1. The minimum absolute atomic E-state index is 0. The summed E-state index contributed by atoms with van der Waals surface area (Å²) in [5.41, 5.74) is -0.448. The zero-order valence-corrected chi connectivity index (χ0v) is 9.90. The summed E-state index contributed by atoms with van der Waals surface area (Å²) in [6, 6.07) is 0. The second-order valence-electron chi connectivity index (χ2n) is 3.54. The zero-order valence-electron chi connectivity index (χ0n) is 9.09. The predicted molar refractivity (Wildman–Crippen MR) is 59.4 cm³/mol. The number of halogens is 1. The summed E-state index contributed by atoms with van der Waals surface area (Å²) in [4.78, 5) is 11.0. The summed E-state index contributed by atoms with van der Waals surface area (Å²) >= 11 is 0. The van der Waals surface area contributed by atoms with Gasteiger partial charge in [-0.3, -0.25) is 5.32 Å². The molecule has 0 aromatic rings. The van der Waals surface area contributed by atoms with Crippen LogP contribution in [-0.2, 0) is 4.74 Å². The van der Waals surface area contributed by atoms with Crippen molar-refractivity contribution >= 4 is 18.5 Å². The van der Waals surface area contributed by atoms with Gasteiger partial charge in [-0.1, -0.05) is 0 Å². The van der Waals surface area contributed by atoms with Crippen molar-refractivity contribution in [3.8, 4) is 0 Å². The number of amides is 1. The monoisotopic (exact) mass is 222 g/mol. The van der Waals surface area contributed by atoms with Crippen molar-refractivity contribution in [2.75, 3.05) is 6.54 Å². The van der Waals surface area contributed by atoms with Crippen molar-refractivity contribution < 1.29 is 9.53 Å². The first-order valence-electron chi connectivity index (χ1n) is 4.33. The second kappa shape index (κ2) is 7.50. The van der Waals surface area contributed by atoms with E-state index in [1.165, 1.54) is 6.20 Å². The van der Waals surface area contributed by atoms with Crippen LogP contribution >= 0.6 is 12.4 Å². The van der Waals surface area contributed by atoms with Gasteiger partial charge < -0.3 is 10.1 Å². The lowest BCUT2D eigenvalue weighted by Crippen LogP contribution is -2.29. The number of rotatable bonds is 3. The number of alkyl carbamates (subject to hydrolysis) is 1. The van der Waals surface area contributed by atoms with Crippen LogP contribution in [0.5, 0.6) is 0 Å². The molecule has 14 heavy (non-hydrogen) atoms. The summed E-state index contributed by atoms with van der Waals surface area (Å²) in [5.74, 6) is 0.